The van der Waals surface area contributed by atoms with Crippen LogP contribution in [0.2, 0.25) is 0 Å². The van der Waals surface area contributed by atoms with E-state index in [1.165, 1.54) is 12.0 Å². The molecule has 1 unspecified atom stereocenters. The van der Waals surface area contributed by atoms with Gasteiger partial charge in [0.2, 0.25) is 17.7 Å². The highest BCUT2D eigenvalue weighted by molar-refractivity contribution is 6.24. The van der Waals surface area contributed by atoms with Crippen molar-refractivity contribution in [2.24, 2.45) is 0 Å². The second-order valence-corrected chi connectivity index (χ2v) is 4.05. The average Bonchev–Trinajstić information content (AvgIpc) is 2.57. The minimum absolute atomic E-state index is 0.0693. The van der Waals surface area contributed by atoms with E-state index in [1.807, 2.05) is 0 Å². The Kier molecular flexibility index (Phi) is 2.82. The van der Waals surface area contributed by atoms with Gasteiger partial charge in [0, 0.05) is 19.0 Å². The van der Waals surface area contributed by atoms with Gasteiger partial charge in [0.05, 0.1) is 12.5 Å². The predicted molar refractivity (Wildman–Crippen MR) is 59.6 cm³/mol. The van der Waals surface area contributed by atoms with Crippen LogP contribution < -0.4 is 15.4 Å². The molecule has 1 atom stereocenters. The number of alkyl halides is 1. The minimum atomic E-state index is -0.185. The van der Waals surface area contributed by atoms with Crippen LogP contribution in [-0.4, -0.2) is 34.9 Å². The summed E-state index contributed by atoms with van der Waals surface area (Å²) in [6, 6.07) is 1.56. The Morgan fingerprint density at radius 3 is 2.94 bits per heavy atom. The molecule has 1 aliphatic heterocycles. The van der Waals surface area contributed by atoms with Gasteiger partial charge >= 0.3 is 0 Å². The number of halogens is 1. The van der Waals surface area contributed by atoms with Crippen LogP contribution in [0.25, 0.3) is 0 Å². The number of nitrogens with two attached hydrogens (primary N) is 1. The first-order valence-electron chi connectivity index (χ1n) is 4.73. The quantitative estimate of drug-likeness (QED) is 0.760. The van der Waals surface area contributed by atoms with Crippen LogP contribution in [0.15, 0.2) is 6.07 Å². The first-order chi connectivity index (χ1) is 7.60. The summed E-state index contributed by atoms with van der Waals surface area (Å²) in [6.45, 7) is 0.431. The smallest absolute Gasteiger partial charge is 0.229 e. The fourth-order valence-corrected chi connectivity index (χ4v) is 1.83. The van der Waals surface area contributed by atoms with Crippen LogP contribution in [0.1, 0.15) is 6.42 Å². The molecule has 0 bridgehead atoms. The maximum absolute atomic E-state index is 11.6. The Hall–Kier alpha value is -1.56. The van der Waals surface area contributed by atoms with Gasteiger partial charge in [-0.3, -0.25) is 9.69 Å². The van der Waals surface area contributed by atoms with E-state index in [9.17, 15) is 4.79 Å². The molecular formula is C9H11ClN4O2. The Morgan fingerprint density at radius 1 is 1.62 bits per heavy atom. The van der Waals surface area contributed by atoms with Crippen molar-refractivity contribution in [2.75, 3.05) is 24.3 Å². The summed E-state index contributed by atoms with van der Waals surface area (Å²) in [5, 5.41) is -0.185. The molecule has 2 N–H and O–H groups in total. The summed E-state index contributed by atoms with van der Waals surface area (Å²) < 4.78 is 4.96. The highest BCUT2D eigenvalue weighted by atomic mass is 35.5. The van der Waals surface area contributed by atoms with Crippen LogP contribution in [-0.2, 0) is 4.79 Å². The summed E-state index contributed by atoms with van der Waals surface area (Å²) in [5.74, 6) is 0.756. The average molecular weight is 243 g/mol. The van der Waals surface area contributed by atoms with Crippen molar-refractivity contribution >= 4 is 29.3 Å². The van der Waals surface area contributed by atoms with Crippen LogP contribution in [0, 0.1) is 0 Å². The van der Waals surface area contributed by atoms with Gasteiger partial charge in [0.1, 0.15) is 5.82 Å². The molecule has 6 nitrogen and oxygen atoms in total. The second-order valence-electron chi connectivity index (χ2n) is 3.43. The van der Waals surface area contributed by atoms with E-state index in [1.54, 1.807) is 6.07 Å². The molecule has 1 aromatic rings. The monoisotopic (exact) mass is 242 g/mol. The highest BCUT2D eigenvalue weighted by Crippen LogP contribution is 2.25. The molecule has 0 aromatic carbocycles. The first-order valence-corrected chi connectivity index (χ1v) is 5.17. The zero-order chi connectivity index (χ0) is 11.7. The molecule has 1 aromatic heterocycles. The van der Waals surface area contributed by atoms with Gasteiger partial charge < -0.3 is 10.5 Å². The van der Waals surface area contributed by atoms with E-state index in [0.717, 1.165) is 0 Å². The number of carbonyl (C=O) groups is 1. The normalized spacial score (nSPS) is 20.2. The Labute approximate surface area is 97.4 Å². The van der Waals surface area contributed by atoms with E-state index in [0.29, 0.717) is 24.7 Å². The molecule has 1 aliphatic rings. The summed E-state index contributed by atoms with van der Waals surface area (Å²) >= 11 is 5.90. The second kappa shape index (κ2) is 4.13. The number of hydrogen-bond donors (Lipinski definition) is 1. The minimum Gasteiger partial charge on any atom is -0.481 e. The fraction of sp³-hybridized carbons (Fsp3) is 0.444. The fourth-order valence-electron chi connectivity index (χ4n) is 1.56. The van der Waals surface area contributed by atoms with E-state index in [-0.39, 0.29) is 17.2 Å². The number of anilines is 2. The number of amides is 1. The zero-order valence-corrected chi connectivity index (χ0v) is 9.44. The van der Waals surface area contributed by atoms with Crippen molar-refractivity contribution in [3.8, 4) is 5.88 Å². The molecule has 0 saturated carbocycles. The molecule has 7 heteroatoms. The molecule has 1 fully saturated rings. The third-order valence-corrected chi connectivity index (χ3v) is 2.56. The number of rotatable bonds is 2. The summed E-state index contributed by atoms with van der Waals surface area (Å²) in [7, 11) is 1.47. The molecule has 2 heterocycles. The van der Waals surface area contributed by atoms with Crippen LogP contribution in [0.4, 0.5) is 11.8 Å². The number of methoxy groups -OCH3 is 1. The SMILES string of the molecule is COc1cc(N2CC(Cl)CC2=O)nc(N)n1. The zero-order valence-electron chi connectivity index (χ0n) is 8.68. The van der Waals surface area contributed by atoms with Crippen molar-refractivity contribution in [3.63, 3.8) is 0 Å². The van der Waals surface area contributed by atoms with Crippen molar-refractivity contribution in [1.82, 2.24) is 9.97 Å². The van der Waals surface area contributed by atoms with Gasteiger partial charge in [-0.15, -0.1) is 11.6 Å². The lowest BCUT2D eigenvalue weighted by Crippen LogP contribution is -2.26. The lowest BCUT2D eigenvalue weighted by molar-refractivity contribution is -0.117. The third-order valence-electron chi connectivity index (χ3n) is 2.27. The van der Waals surface area contributed by atoms with Crippen LogP contribution in [0.3, 0.4) is 0 Å². The maximum atomic E-state index is 11.6. The van der Waals surface area contributed by atoms with Crippen LogP contribution >= 0.6 is 11.6 Å². The standard InChI is InChI=1S/C9H11ClN4O2/c1-16-7-3-6(12-9(11)13-7)14-4-5(10)2-8(14)15/h3,5H,2,4H2,1H3,(H2,11,12,13). The highest BCUT2D eigenvalue weighted by Gasteiger charge is 2.30. The summed E-state index contributed by atoms with van der Waals surface area (Å²) in [5.41, 5.74) is 5.51. The van der Waals surface area contributed by atoms with Crippen molar-refractivity contribution in [3.05, 3.63) is 6.07 Å². The van der Waals surface area contributed by atoms with Gasteiger partial charge in [0.15, 0.2) is 0 Å². The molecule has 1 amide bonds. The van der Waals surface area contributed by atoms with Crippen LogP contribution in [0.5, 0.6) is 5.88 Å². The van der Waals surface area contributed by atoms with Gasteiger partial charge in [0.25, 0.3) is 0 Å². The molecule has 1 saturated heterocycles. The molecule has 0 radical (unpaired) electrons. The van der Waals surface area contributed by atoms with Gasteiger partial charge in [-0.1, -0.05) is 0 Å². The number of nitrogen functional groups attached to an aromatic ring is 1. The Morgan fingerprint density at radius 2 is 2.38 bits per heavy atom. The summed E-state index contributed by atoms with van der Waals surface area (Å²) in [6.07, 6.45) is 0.313. The number of carbonyl (C=O) groups excluding carboxylic acids is 1. The van der Waals surface area contributed by atoms with E-state index < -0.39 is 0 Å². The van der Waals surface area contributed by atoms with E-state index in [4.69, 9.17) is 22.1 Å². The Bertz CT molecular complexity index is 426. The molecular weight excluding hydrogens is 232 g/mol. The lowest BCUT2D eigenvalue weighted by Gasteiger charge is -2.15. The molecule has 0 spiro atoms. The van der Waals surface area contributed by atoms with Crippen molar-refractivity contribution < 1.29 is 9.53 Å². The number of aromatic nitrogens is 2. The number of nitrogens with zero attached hydrogens (tertiary/aromatic N) is 3. The Balaban J connectivity index is 2.33. The number of hydrogen-bond acceptors (Lipinski definition) is 5. The summed E-state index contributed by atoms with van der Waals surface area (Å²) in [4.78, 5) is 20.9. The van der Waals surface area contributed by atoms with Gasteiger partial charge in [-0.05, 0) is 0 Å². The largest absolute Gasteiger partial charge is 0.481 e. The first kappa shape index (κ1) is 10.9. The molecule has 0 aliphatic carbocycles. The molecule has 16 heavy (non-hydrogen) atoms. The van der Waals surface area contributed by atoms with Gasteiger partial charge in [-0.25, -0.2) is 0 Å². The molecule has 86 valence electrons. The third kappa shape index (κ3) is 2.01. The van der Waals surface area contributed by atoms with Crippen molar-refractivity contribution in [2.45, 2.75) is 11.8 Å². The lowest BCUT2D eigenvalue weighted by atomic mass is 10.4. The van der Waals surface area contributed by atoms with Gasteiger partial charge in [-0.2, -0.15) is 9.97 Å². The van der Waals surface area contributed by atoms with E-state index in [2.05, 4.69) is 9.97 Å². The molecule has 2 rings (SSSR count). The number of ether oxygens (including phenoxy) is 1. The predicted octanol–water partition coefficient (Wildman–Crippen LogP) is 0.412. The topological polar surface area (TPSA) is 81.3 Å². The van der Waals surface area contributed by atoms with Crippen molar-refractivity contribution in [1.29, 1.82) is 0 Å². The maximum Gasteiger partial charge on any atom is 0.229 e. The van der Waals surface area contributed by atoms with E-state index >= 15 is 0 Å².